The highest BCUT2D eigenvalue weighted by Gasteiger charge is 2.63. The highest BCUT2D eigenvalue weighted by Crippen LogP contribution is 2.55. The Hall–Kier alpha value is -4.52. The molecule has 2 fully saturated rings. The number of nitrogens with zero attached hydrogens (tertiary/aromatic N) is 2. The van der Waals surface area contributed by atoms with Gasteiger partial charge < -0.3 is 25.1 Å². The number of halogens is 1. The number of likely N-dealkylation sites (tertiary alicyclic amines) is 1. The molecule has 0 radical (unpaired) electrons. The molecule has 4 heterocycles. The summed E-state index contributed by atoms with van der Waals surface area (Å²) in [6, 6.07) is 6.41. The molecule has 3 aliphatic rings. The summed E-state index contributed by atoms with van der Waals surface area (Å²) in [5.74, 6) is 6.30. The number of piperidine rings is 1. The number of anilines is 2. The fourth-order valence-electron chi connectivity index (χ4n) is 5.81. The predicted octanol–water partition coefficient (Wildman–Crippen LogP) is 5.00. The molecule has 2 amide bonds. The lowest BCUT2D eigenvalue weighted by molar-refractivity contribution is 0.0222. The second-order valence-electron chi connectivity index (χ2n) is 11.6. The number of carbonyl (C=O) groups is 2. The number of hydrogen-bond acceptors (Lipinski definition) is 6. The third kappa shape index (κ3) is 4.75. The number of hydrogen-bond donors (Lipinski definition) is 3. The van der Waals surface area contributed by atoms with Crippen LogP contribution in [0.25, 0.3) is 11.3 Å². The van der Waals surface area contributed by atoms with Crippen LogP contribution in [0.5, 0.6) is 5.75 Å². The Labute approximate surface area is 237 Å². The van der Waals surface area contributed by atoms with E-state index in [0.717, 1.165) is 24.1 Å². The maximum Gasteiger partial charge on any atom is 0.411 e. The molecule has 3 N–H and O–H groups in total. The van der Waals surface area contributed by atoms with Crippen LogP contribution in [0.3, 0.4) is 0 Å². The lowest BCUT2D eigenvalue weighted by Gasteiger charge is -2.28. The quantitative estimate of drug-likeness (QED) is 0.390. The van der Waals surface area contributed by atoms with Crippen LogP contribution in [0.2, 0.25) is 0 Å². The van der Waals surface area contributed by atoms with Gasteiger partial charge in [-0.1, -0.05) is 17.9 Å². The van der Waals surface area contributed by atoms with Crippen molar-refractivity contribution in [2.45, 2.75) is 51.2 Å². The predicted molar refractivity (Wildman–Crippen MR) is 152 cm³/mol. The molecular weight excluding hydrogens is 525 g/mol. The molecule has 1 saturated carbocycles. The van der Waals surface area contributed by atoms with Crippen molar-refractivity contribution in [3.05, 3.63) is 59.3 Å². The number of benzene rings is 1. The smallest absolute Gasteiger partial charge is 0.411 e. The summed E-state index contributed by atoms with van der Waals surface area (Å²) in [5.41, 5.74) is 2.95. The van der Waals surface area contributed by atoms with Gasteiger partial charge in [-0.25, -0.2) is 9.18 Å². The van der Waals surface area contributed by atoms with Gasteiger partial charge in [0.05, 0.1) is 35.3 Å². The van der Waals surface area contributed by atoms with Gasteiger partial charge >= 0.3 is 6.09 Å². The zero-order valence-electron chi connectivity index (χ0n) is 23.5. The van der Waals surface area contributed by atoms with Gasteiger partial charge in [0, 0.05) is 43.2 Å². The Morgan fingerprint density at radius 1 is 1.29 bits per heavy atom. The zero-order valence-corrected chi connectivity index (χ0v) is 23.5. The van der Waals surface area contributed by atoms with Crippen LogP contribution in [0.4, 0.5) is 20.6 Å². The van der Waals surface area contributed by atoms with Crippen molar-refractivity contribution in [1.29, 1.82) is 0 Å². The number of nitrogens with one attached hydrogen (secondary N) is 3. The number of carbonyl (C=O) groups excluding carboxylic acids is 2. The van der Waals surface area contributed by atoms with Gasteiger partial charge in [0.1, 0.15) is 11.1 Å². The molecule has 41 heavy (non-hydrogen) atoms. The van der Waals surface area contributed by atoms with Crippen LogP contribution in [0.1, 0.15) is 55.2 Å². The van der Waals surface area contributed by atoms with E-state index in [2.05, 4.69) is 32.4 Å². The van der Waals surface area contributed by atoms with Crippen LogP contribution < -0.4 is 15.4 Å². The average molecular weight is 558 g/mol. The number of aromatic amines is 1. The molecule has 9 nitrogen and oxygen atoms in total. The SMILES string of the molecule is COc1c(F)cccc1Nc1c(-c2ccncc2C#CC23CC2CCN3C(=O)OC(C)(C)C)[nH]c2c1C(=O)NCC2. The molecule has 212 valence electrons. The third-order valence-electron chi connectivity index (χ3n) is 7.77. The molecule has 2 atom stereocenters. The van der Waals surface area contributed by atoms with E-state index in [9.17, 15) is 14.0 Å². The largest absolute Gasteiger partial charge is 0.492 e. The third-order valence-corrected chi connectivity index (χ3v) is 7.77. The molecule has 2 aliphatic heterocycles. The van der Waals surface area contributed by atoms with Crippen molar-refractivity contribution in [3.63, 3.8) is 0 Å². The second-order valence-corrected chi connectivity index (χ2v) is 11.6. The van der Waals surface area contributed by atoms with E-state index in [1.807, 2.05) is 26.8 Å². The van der Waals surface area contributed by atoms with Crippen molar-refractivity contribution >= 4 is 23.4 Å². The Morgan fingerprint density at radius 3 is 2.88 bits per heavy atom. The van der Waals surface area contributed by atoms with Crippen molar-refractivity contribution < 1.29 is 23.5 Å². The lowest BCUT2D eigenvalue weighted by atomic mass is 10.0. The first kappa shape index (κ1) is 26.7. The maximum atomic E-state index is 14.5. The Kier molecular flexibility index (Phi) is 6.40. The first-order chi connectivity index (χ1) is 19.6. The van der Waals surface area contributed by atoms with Crippen molar-refractivity contribution in [2.75, 3.05) is 25.5 Å². The van der Waals surface area contributed by atoms with E-state index in [4.69, 9.17) is 9.47 Å². The molecule has 2 unspecified atom stereocenters. The summed E-state index contributed by atoms with van der Waals surface area (Å²) < 4.78 is 25.5. The van der Waals surface area contributed by atoms with Gasteiger partial charge in [0.25, 0.3) is 5.91 Å². The minimum absolute atomic E-state index is 0.0432. The van der Waals surface area contributed by atoms with E-state index in [1.165, 1.54) is 13.2 Å². The highest BCUT2D eigenvalue weighted by atomic mass is 19.1. The topological polar surface area (TPSA) is 109 Å². The molecule has 3 aromatic rings. The number of methoxy groups -OCH3 is 1. The fourth-order valence-corrected chi connectivity index (χ4v) is 5.81. The van der Waals surface area contributed by atoms with E-state index in [0.29, 0.717) is 53.6 Å². The van der Waals surface area contributed by atoms with Crippen LogP contribution in [0.15, 0.2) is 36.7 Å². The molecule has 1 aliphatic carbocycles. The Morgan fingerprint density at radius 2 is 2.12 bits per heavy atom. The minimum Gasteiger partial charge on any atom is -0.492 e. The molecule has 1 aromatic carbocycles. The number of para-hydroxylation sites is 1. The molecule has 0 bridgehead atoms. The number of pyridine rings is 1. The van der Waals surface area contributed by atoms with Gasteiger partial charge in [-0.2, -0.15) is 0 Å². The second kappa shape index (κ2) is 9.84. The van der Waals surface area contributed by atoms with Crippen LogP contribution >= 0.6 is 0 Å². The summed E-state index contributed by atoms with van der Waals surface area (Å²) >= 11 is 0. The Balaban J connectivity index is 1.41. The van der Waals surface area contributed by atoms with Crippen LogP contribution in [-0.2, 0) is 11.2 Å². The monoisotopic (exact) mass is 557 g/mol. The summed E-state index contributed by atoms with van der Waals surface area (Å²) in [5, 5.41) is 6.15. The number of H-pyrrole nitrogens is 1. The van der Waals surface area contributed by atoms with Gasteiger partial charge in [-0.15, -0.1) is 0 Å². The molecule has 10 heteroatoms. The Bertz CT molecular complexity index is 1610. The molecule has 1 saturated heterocycles. The van der Waals surface area contributed by atoms with Gasteiger partial charge in [0.15, 0.2) is 11.6 Å². The van der Waals surface area contributed by atoms with Crippen LogP contribution in [0, 0.1) is 23.6 Å². The lowest BCUT2D eigenvalue weighted by Crippen LogP contribution is -2.42. The fraction of sp³-hybridized carbons (Fsp3) is 0.387. The number of amides is 2. The summed E-state index contributed by atoms with van der Waals surface area (Å²) in [7, 11) is 1.40. The van der Waals surface area contributed by atoms with E-state index < -0.39 is 17.0 Å². The van der Waals surface area contributed by atoms with Crippen molar-refractivity contribution in [1.82, 2.24) is 20.2 Å². The molecule has 6 rings (SSSR count). The summed E-state index contributed by atoms with van der Waals surface area (Å²) in [6.07, 6.45) is 5.28. The van der Waals surface area contributed by atoms with Crippen molar-refractivity contribution in [2.24, 2.45) is 5.92 Å². The first-order valence-corrected chi connectivity index (χ1v) is 13.7. The number of ether oxygens (including phenoxy) is 2. The van der Waals surface area contributed by atoms with Crippen molar-refractivity contribution in [3.8, 4) is 28.8 Å². The number of fused-ring (bicyclic) bond motifs is 2. The van der Waals surface area contributed by atoms with E-state index in [-0.39, 0.29) is 17.7 Å². The maximum absolute atomic E-state index is 14.5. The number of rotatable bonds is 4. The first-order valence-electron chi connectivity index (χ1n) is 13.7. The summed E-state index contributed by atoms with van der Waals surface area (Å²) in [4.78, 5) is 35.5. The molecular formula is C31H32FN5O4. The van der Waals surface area contributed by atoms with E-state index >= 15 is 0 Å². The van der Waals surface area contributed by atoms with Gasteiger partial charge in [-0.05, 0) is 57.7 Å². The average Bonchev–Trinajstić information content (AvgIpc) is 3.31. The molecule has 2 aromatic heterocycles. The van der Waals surface area contributed by atoms with Gasteiger partial charge in [-0.3, -0.25) is 14.7 Å². The standard InChI is InChI=1S/C31H32FN5O4/c1-30(2,3)41-29(39)37-15-11-19-16-31(19,37)12-8-18-17-33-13-9-20(18)25-26(24-22(35-25)10-14-34-28(24)38)36-23-7-5-6-21(32)27(23)40-4/h5-7,9,13,17,19,35-36H,10-11,14-16H2,1-4H3,(H,34,38). The highest BCUT2D eigenvalue weighted by molar-refractivity contribution is 6.06. The minimum atomic E-state index is -0.595. The van der Waals surface area contributed by atoms with Crippen LogP contribution in [-0.4, -0.2) is 58.2 Å². The number of aromatic nitrogens is 2. The zero-order chi connectivity index (χ0) is 28.9. The molecule has 0 spiro atoms. The summed E-state index contributed by atoms with van der Waals surface area (Å²) in [6.45, 7) is 6.67. The van der Waals surface area contributed by atoms with E-state index in [1.54, 1.807) is 29.4 Å². The normalized spacial score (nSPS) is 20.8. The van der Waals surface area contributed by atoms with Gasteiger partial charge in [0.2, 0.25) is 0 Å².